The van der Waals surface area contributed by atoms with Gasteiger partial charge in [-0.1, -0.05) is 39.5 Å². The summed E-state index contributed by atoms with van der Waals surface area (Å²) in [5, 5.41) is 3.43. The number of nitrogens with one attached hydrogen (secondary N) is 1. The van der Waals surface area contributed by atoms with Gasteiger partial charge in [-0.2, -0.15) is 0 Å². The second kappa shape index (κ2) is 6.61. The number of likely N-dealkylation sites (N-methyl/N-ethyl adjacent to an activating group) is 1. The van der Waals surface area contributed by atoms with Crippen molar-refractivity contribution in [3.05, 3.63) is 0 Å². The van der Waals surface area contributed by atoms with Gasteiger partial charge in [-0.3, -0.25) is 0 Å². The molecule has 0 aliphatic heterocycles. The Bertz CT molecular complexity index is 184. The number of nitrogens with two attached hydrogens (primary N) is 1. The number of hydrogen-bond acceptors (Lipinski definition) is 2. The number of hydrogen-bond donors (Lipinski definition) is 2. The van der Waals surface area contributed by atoms with Crippen LogP contribution in [0.2, 0.25) is 0 Å². The lowest BCUT2D eigenvalue weighted by atomic mass is 9.74. The Morgan fingerprint density at radius 1 is 1.19 bits per heavy atom. The first-order valence-corrected chi connectivity index (χ1v) is 6.78. The molecule has 0 amide bonds. The van der Waals surface area contributed by atoms with E-state index in [2.05, 4.69) is 39.9 Å². The Kier molecular flexibility index (Phi) is 6.57. The summed E-state index contributed by atoms with van der Waals surface area (Å²) in [5.41, 5.74) is 6.14. The van der Waals surface area contributed by atoms with Gasteiger partial charge in [0, 0.05) is 11.1 Å². The summed E-state index contributed by atoms with van der Waals surface area (Å²) in [7, 11) is 2.03. The zero-order chi connectivity index (χ0) is 12.8. The summed E-state index contributed by atoms with van der Waals surface area (Å²) in [6, 6.07) is 0. The van der Waals surface area contributed by atoms with Gasteiger partial charge in [0.1, 0.15) is 0 Å². The third-order valence-corrected chi connectivity index (χ3v) is 4.21. The quantitative estimate of drug-likeness (QED) is 0.669. The number of unbranched alkanes of at least 4 members (excludes halogenated alkanes) is 1. The van der Waals surface area contributed by atoms with E-state index in [0.717, 1.165) is 5.92 Å². The van der Waals surface area contributed by atoms with Crippen LogP contribution < -0.4 is 11.1 Å². The molecular weight excluding hydrogens is 196 g/mol. The molecule has 0 aliphatic carbocycles. The SMILES string of the molecule is CCCCC(CC)CC(C)(NC)C(C)(C)N. The monoisotopic (exact) mass is 228 g/mol. The van der Waals surface area contributed by atoms with Crippen LogP contribution in [-0.2, 0) is 0 Å². The van der Waals surface area contributed by atoms with E-state index in [-0.39, 0.29) is 11.1 Å². The van der Waals surface area contributed by atoms with E-state index < -0.39 is 0 Å². The largest absolute Gasteiger partial charge is 0.324 e. The van der Waals surface area contributed by atoms with Crippen molar-refractivity contribution in [1.82, 2.24) is 5.32 Å². The average Bonchev–Trinajstić information content (AvgIpc) is 2.22. The van der Waals surface area contributed by atoms with Gasteiger partial charge in [0.15, 0.2) is 0 Å². The van der Waals surface area contributed by atoms with Gasteiger partial charge in [0.2, 0.25) is 0 Å². The zero-order valence-corrected chi connectivity index (χ0v) is 12.2. The van der Waals surface area contributed by atoms with Crippen molar-refractivity contribution >= 4 is 0 Å². The molecule has 0 rings (SSSR count). The molecule has 0 aliphatic rings. The van der Waals surface area contributed by atoms with E-state index in [1.807, 2.05) is 7.05 Å². The van der Waals surface area contributed by atoms with Crippen molar-refractivity contribution in [3.8, 4) is 0 Å². The first-order chi connectivity index (χ1) is 7.30. The van der Waals surface area contributed by atoms with Crippen molar-refractivity contribution in [2.24, 2.45) is 11.7 Å². The molecule has 0 radical (unpaired) electrons. The third kappa shape index (κ3) is 4.42. The fourth-order valence-corrected chi connectivity index (χ4v) is 2.21. The van der Waals surface area contributed by atoms with E-state index >= 15 is 0 Å². The summed E-state index contributed by atoms with van der Waals surface area (Å²) < 4.78 is 0. The van der Waals surface area contributed by atoms with Gasteiger partial charge in [-0.15, -0.1) is 0 Å². The standard InChI is InChI=1S/C14H32N2/c1-7-9-10-12(8-2)11-14(5,16-6)13(3,4)15/h12,16H,7-11,15H2,1-6H3. The van der Waals surface area contributed by atoms with Gasteiger partial charge < -0.3 is 11.1 Å². The molecule has 2 nitrogen and oxygen atoms in total. The molecule has 0 aromatic rings. The first-order valence-electron chi connectivity index (χ1n) is 6.78. The van der Waals surface area contributed by atoms with E-state index in [4.69, 9.17) is 5.73 Å². The van der Waals surface area contributed by atoms with Crippen LogP contribution in [0.5, 0.6) is 0 Å². The minimum atomic E-state index is -0.179. The Morgan fingerprint density at radius 2 is 1.75 bits per heavy atom. The molecule has 0 fully saturated rings. The lowest BCUT2D eigenvalue weighted by Gasteiger charge is -2.44. The van der Waals surface area contributed by atoms with Crippen molar-refractivity contribution in [1.29, 1.82) is 0 Å². The summed E-state index contributed by atoms with van der Waals surface area (Å²) in [6.45, 7) is 11.0. The predicted octanol–water partition coefficient (Wildman–Crippen LogP) is 3.31. The summed E-state index contributed by atoms with van der Waals surface area (Å²) in [5.74, 6) is 0.792. The molecule has 2 atom stereocenters. The Morgan fingerprint density at radius 3 is 2.06 bits per heavy atom. The van der Waals surface area contributed by atoms with Gasteiger partial charge in [-0.05, 0) is 40.2 Å². The highest BCUT2D eigenvalue weighted by molar-refractivity contribution is 5.00. The van der Waals surface area contributed by atoms with Crippen LogP contribution in [-0.4, -0.2) is 18.1 Å². The first kappa shape index (κ1) is 15.9. The maximum absolute atomic E-state index is 6.29. The molecular formula is C14H32N2. The van der Waals surface area contributed by atoms with Crippen LogP contribution >= 0.6 is 0 Å². The molecule has 16 heavy (non-hydrogen) atoms. The topological polar surface area (TPSA) is 38.0 Å². The van der Waals surface area contributed by atoms with Crippen LogP contribution in [0.25, 0.3) is 0 Å². The molecule has 0 aromatic carbocycles. The fraction of sp³-hybridized carbons (Fsp3) is 1.00. The van der Waals surface area contributed by atoms with Crippen LogP contribution in [0.15, 0.2) is 0 Å². The molecule has 0 heterocycles. The van der Waals surface area contributed by atoms with Crippen molar-refractivity contribution < 1.29 is 0 Å². The van der Waals surface area contributed by atoms with Crippen molar-refractivity contribution in [3.63, 3.8) is 0 Å². The van der Waals surface area contributed by atoms with Gasteiger partial charge in [-0.25, -0.2) is 0 Å². The van der Waals surface area contributed by atoms with Crippen LogP contribution in [0.3, 0.4) is 0 Å². The summed E-state index contributed by atoms with van der Waals surface area (Å²) in [4.78, 5) is 0. The smallest absolute Gasteiger partial charge is 0.0328 e. The Labute approximate surface area is 102 Å². The van der Waals surface area contributed by atoms with Gasteiger partial charge in [0.05, 0.1) is 0 Å². The van der Waals surface area contributed by atoms with E-state index in [9.17, 15) is 0 Å². The highest BCUT2D eigenvalue weighted by atomic mass is 15.0. The normalized spacial score (nSPS) is 18.2. The van der Waals surface area contributed by atoms with Gasteiger partial charge in [0.25, 0.3) is 0 Å². The summed E-state index contributed by atoms with van der Waals surface area (Å²) in [6.07, 6.45) is 6.39. The summed E-state index contributed by atoms with van der Waals surface area (Å²) >= 11 is 0. The van der Waals surface area contributed by atoms with E-state index in [1.54, 1.807) is 0 Å². The minimum Gasteiger partial charge on any atom is -0.324 e. The average molecular weight is 228 g/mol. The van der Waals surface area contributed by atoms with Crippen molar-refractivity contribution in [2.45, 2.75) is 77.8 Å². The molecule has 0 bridgehead atoms. The molecule has 2 heteroatoms. The molecule has 3 N–H and O–H groups in total. The maximum Gasteiger partial charge on any atom is 0.0328 e. The lowest BCUT2D eigenvalue weighted by molar-refractivity contribution is 0.178. The fourth-order valence-electron chi connectivity index (χ4n) is 2.21. The Hall–Kier alpha value is -0.0800. The van der Waals surface area contributed by atoms with Crippen LogP contribution in [0, 0.1) is 5.92 Å². The highest BCUT2D eigenvalue weighted by Crippen LogP contribution is 2.30. The van der Waals surface area contributed by atoms with Gasteiger partial charge >= 0.3 is 0 Å². The predicted molar refractivity (Wildman–Crippen MR) is 73.7 cm³/mol. The molecule has 2 unspecified atom stereocenters. The van der Waals surface area contributed by atoms with Crippen LogP contribution in [0.4, 0.5) is 0 Å². The number of rotatable bonds is 8. The van der Waals surface area contributed by atoms with Crippen molar-refractivity contribution in [2.75, 3.05) is 7.05 Å². The Balaban J connectivity index is 4.49. The lowest BCUT2D eigenvalue weighted by Crippen LogP contribution is -2.62. The second-order valence-corrected chi connectivity index (χ2v) is 5.92. The molecule has 0 saturated carbocycles. The third-order valence-electron chi connectivity index (χ3n) is 4.21. The molecule has 0 aromatic heterocycles. The zero-order valence-electron chi connectivity index (χ0n) is 12.2. The molecule has 0 spiro atoms. The van der Waals surface area contributed by atoms with E-state index in [1.165, 1.54) is 32.1 Å². The molecule has 98 valence electrons. The maximum atomic E-state index is 6.29. The van der Waals surface area contributed by atoms with Crippen LogP contribution in [0.1, 0.15) is 66.7 Å². The van der Waals surface area contributed by atoms with E-state index in [0.29, 0.717) is 0 Å². The molecule has 0 saturated heterocycles. The highest BCUT2D eigenvalue weighted by Gasteiger charge is 2.37. The minimum absolute atomic E-state index is 0.0292. The second-order valence-electron chi connectivity index (χ2n) is 5.92.